The van der Waals surface area contributed by atoms with Gasteiger partial charge in [-0.3, -0.25) is 0 Å². The fourth-order valence-corrected chi connectivity index (χ4v) is 3.19. The summed E-state index contributed by atoms with van der Waals surface area (Å²) in [6.45, 7) is 4.31. The lowest BCUT2D eigenvalue weighted by Gasteiger charge is -2.05. The van der Waals surface area contributed by atoms with Crippen LogP contribution in [0.3, 0.4) is 0 Å². The second-order valence-corrected chi connectivity index (χ2v) is 5.97. The first-order chi connectivity index (χ1) is 10.2. The molecule has 0 saturated heterocycles. The van der Waals surface area contributed by atoms with Gasteiger partial charge in [0.05, 0.1) is 25.0 Å². The number of benzene rings is 1. The van der Waals surface area contributed by atoms with Crippen molar-refractivity contribution < 1.29 is 9.47 Å². The Morgan fingerprint density at radius 1 is 1.33 bits per heavy atom. The van der Waals surface area contributed by atoms with Crippen LogP contribution in [-0.2, 0) is 17.9 Å². The van der Waals surface area contributed by atoms with E-state index in [4.69, 9.17) is 26.1 Å². The van der Waals surface area contributed by atoms with Gasteiger partial charge in [0, 0.05) is 23.6 Å². The third kappa shape index (κ3) is 3.95. The summed E-state index contributed by atoms with van der Waals surface area (Å²) in [5.74, 6) is 0.732. The molecular weight excluding hydrogens is 308 g/mol. The average Bonchev–Trinajstić information content (AvgIpc) is 2.88. The lowest BCUT2D eigenvalue weighted by atomic mass is 10.2. The molecule has 1 N–H and O–H groups in total. The minimum atomic E-state index is 0.507. The van der Waals surface area contributed by atoms with E-state index in [-0.39, 0.29) is 0 Å². The van der Waals surface area contributed by atoms with Crippen molar-refractivity contribution in [1.82, 2.24) is 10.3 Å². The maximum absolute atomic E-state index is 6.01. The molecule has 114 valence electrons. The number of ether oxygens (including phenoxy) is 2. The van der Waals surface area contributed by atoms with Crippen LogP contribution in [0, 0.1) is 0 Å². The molecule has 0 bridgehead atoms. The normalized spacial score (nSPS) is 10.9. The molecule has 1 aromatic heterocycles. The summed E-state index contributed by atoms with van der Waals surface area (Å²) in [6, 6.07) is 5.59. The van der Waals surface area contributed by atoms with Crippen molar-refractivity contribution in [2.24, 2.45) is 0 Å². The molecule has 0 amide bonds. The minimum Gasteiger partial charge on any atom is -0.496 e. The number of thiazole rings is 1. The number of aromatic nitrogens is 1. The number of hydrogen-bond donors (Lipinski definition) is 1. The Morgan fingerprint density at radius 3 is 2.81 bits per heavy atom. The number of methoxy groups -OCH3 is 2. The Hall–Kier alpha value is -1.14. The highest BCUT2D eigenvalue weighted by Gasteiger charge is 2.15. The Balaban J connectivity index is 2.39. The van der Waals surface area contributed by atoms with E-state index >= 15 is 0 Å². The second-order valence-electron chi connectivity index (χ2n) is 4.45. The van der Waals surface area contributed by atoms with Crippen molar-refractivity contribution >= 4 is 22.9 Å². The minimum absolute atomic E-state index is 0.507. The fourth-order valence-electron chi connectivity index (χ4n) is 1.97. The SMILES string of the molecule is CCNCc1sc(-c2ccc(Cl)cc2OC)nc1COC. The van der Waals surface area contributed by atoms with Crippen molar-refractivity contribution in [3.63, 3.8) is 0 Å². The van der Waals surface area contributed by atoms with Gasteiger partial charge in [0.25, 0.3) is 0 Å². The van der Waals surface area contributed by atoms with Crippen molar-refractivity contribution in [2.45, 2.75) is 20.1 Å². The van der Waals surface area contributed by atoms with Gasteiger partial charge >= 0.3 is 0 Å². The van der Waals surface area contributed by atoms with E-state index in [0.29, 0.717) is 11.6 Å². The Bertz CT molecular complexity index is 601. The Labute approximate surface area is 134 Å². The van der Waals surface area contributed by atoms with Crippen molar-refractivity contribution in [3.8, 4) is 16.3 Å². The van der Waals surface area contributed by atoms with Crippen LogP contribution in [0.5, 0.6) is 5.75 Å². The van der Waals surface area contributed by atoms with Gasteiger partial charge in [-0.05, 0) is 24.7 Å². The molecule has 2 aromatic rings. The second kappa shape index (κ2) is 7.75. The molecule has 0 radical (unpaired) electrons. The van der Waals surface area contributed by atoms with E-state index in [1.807, 2.05) is 12.1 Å². The van der Waals surface area contributed by atoms with Crippen molar-refractivity contribution in [1.29, 1.82) is 0 Å². The van der Waals surface area contributed by atoms with Crippen LogP contribution < -0.4 is 10.1 Å². The zero-order valence-corrected chi connectivity index (χ0v) is 14.0. The van der Waals surface area contributed by atoms with Gasteiger partial charge in [-0.25, -0.2) is 4.98 Å². The standard InChI is InChI=1S/C15H19ClN2O2S/c1-4-17-8-14-12(9-19-2)18-15(21-14)11-6-5-10(16)7-13(11)20-3/h5-7,17H,4,8-9H2,1-3H3. The van der Waals surface area contributed by atoms with Crippen LogP contribution >= 0.6 is 22.9 Å². The number of rotatable bonds is 7. The van der Waals surface area contributed by atoms with E-state index in [1.54, 1.807) is 31.6 Å². The lowest BCUT2D eigenvalue weighted by molar-refractivity contribution is 0.181. The third-order valence-corrected chi connectivity index (χ3v) is 4.35. The molecule has 0 spiro atoms. The van der Waals surface area contributed by atoms with Gasteiger partial charge in [0.1, 0.15) is 10.8 Å². The van der Waals surface area contributed by atoms with Crippen molar-refractivity contribution in [2.75, 3.05) is 20.8 Å². The zero-order chi connectivity index (χ0) is 15.2. The first-order valence-electron chi connectivity index (χ1n) is 6.71. The van der Waals surface area contributed by atoms with Crippen LogP contribution in [0.15, 0.2) is 18.2 Å². The summed E-state index contributed by atoms with van der Waals surface area (Å²) in [7, 11) is 3.32. The molecule has 2 rings (SSSR count). The topological polar surface area (TPSA) is 43.4 Å². The van der Waals surface area contributed by atoms with Crippen LogP contribution in [0.1, 0.15) is 17.5 Å². The predicted molar refractivity (Wildman–Crippen MR) is 87.2 cm³/mol. The van der Waals surface area contributed by atoms with Crippen LogP contribution in [0.25, 0.3) is 10.6 Å². The fraction of sp³-hybridized carbons (Fsp3) is 0.400. The summed E-state index contributed by atoms with van der Waals surface area (Å²) in [4.78, 5) is 5.88. The first kappa shape index (κ1) is 16.2. The Morgan fingerprint density at radius 2 is 2.14 bits per heavy atom. The van der Waals surface area contributed by atoms with E-state index in [9.17, 15) is 0 Å². The van der Waals surface area contributed by atoms with E-state index < -0.39 is 0 Å². The molecule has 21 heavy (non-hydrogen) atoms. The summed E-state index contributed by atoms with van der Waals surface area (Å²) < 4.78 is 10.6. The van der Waals surface area contributed by atoms with Gasteiger partial charge in [0.15, 0.2) is 0 Å². The van der Waals surface area contributed by atoms with E-state index in [0.717, 1.165) is 35.1 Å². The number of nitrogens with zero attached hydrogens (tertiary/aromatic N) is 1. The summed E-state index contributed by atoms with van der Waals surface area (Å²) in [5.41, 5.74) is 1.92. The van der Waals surface area contributed by atoms with Crippen LogP contribution in [-0.4, -0.2) is 25.7 Å². The maximum atomic E-state index is 6.01. The highest BCUT2D eigenvalue weighted by molar-refractivity contribution is 7.15. The molecule has 4 nitrogen and oxygen atoms in total. The molecule has 0 aliphatic carbocycles. The molecule has 0 fully saturated rings. The largest absolute Gasteiger partial charge is 0.496 e. The molecule has 1 heterocycles. The monoisotopic (exact) mass is 326 g/mol. The highest BCUT2D eigenvalue weighted by atomic mass is 35.5. The van der Waals surface area contributed by atoms with E-state index in [2.05, 4.69) is 12.2 Å². The third-order valence-electron chi connectivity index (χ3n) is 2.99. The number of nitrogens with one attached hydrogen (secondary N) is 1. The van der Waals surface area contributed by atoms with E-state index in [1.165, 1.54) is 4.88 Å². The van der Waals surface area contributed by atoms with Gasteiger partial charge in [-0.15, -0.1) is 11.3 Å². The summed E-state index contributed by atoms with van der Waals surface area (Å²) in [5, 5.41) is 4.90. The highest BCUT2D eigenvalue weighted by Crippen LogP contribution is 2.36. The first-order valence-corrected chi connectivity index (χ1v) is 7.91. The quantitative estimate of drug-likeness (QED) is 0.842. The van der Waals surface area contributed by atoms with Gasteiger partial charge < -0.3 is 14.8 Å². The average molecular weight is 327 g/mol. The molecule has 0 aliphatic heterocycles. The molecule has 0 aliphatic rings. The number of halogens is 1. The maximum Gasteiger partial charge on any atom is 0.130 e. The smallest absolute Gasteiger partial charge is 0.130 e. The molecule has 1 aromatic carbocycles. The summed E-state index contributed by atoms with van der Waals surface area (Å²) >= 11 is 7.66. The summed E-state index contributed by atoms with van der Waals surface area (Å²) in [6.07, 6.45) is 0. The van der Waals surface area contributed by atoms with Crippen LogP contribution in [0.2, 0.25) is 5.02 Å². The lowest BCUT2D eigenvalue weighted by Crippen LogP contribution is -2.12. The Kier molecular flexibility index (Phi) is 5.99. The van der Waals surface area contributed by atoms with Gasteiger partial charge in [-0.1, -0.05) is 18.5 Å². The number of hydrogen-bond acceptors (Lipinski definition) is 5. The zero-order valence-electron chi connectivity index (χ0n) is 12.4. The molecular formula is C15H19ClN2O2S. The van der Waals surface area contributed by atoms with Crippen molar-refractivity contribution in [3.05, 3.63) is 33.8 Å². The van der Waals surface area contributed by atoms with Crippen LogP contribution in [0.4, 0.5) is 0 Å². The molecule has 0 atom stereocenters. The molecule has 0 saturated carbocycles. The molecule has 6 heteroatoms. The predicted octanol–water partition coefficient (Wildman–Crippen LogP) is 3.73. The van der Waals surface area contributed by atoms with Gasteiger partial charge in [0.2, 0.25) is 0 Å². The van der Waals surface area contributed by atoms with Gasteiger partial charge in [-0.2, -0.15) is 0 Å². The molecule has 0 unspecified atom stereocenters.